The molecule has 1 aliphatic rings. The molecule has 0 spiro atoms. The summed E-state index contributed by atoms with van der Waals surface area (Å²) in [4.78, 5) is 112. The van der Waals surface area contributed by atoms with Gasteiger partial charge < -0.3 is 66.0 Å². The van der Waals surface area contributed by atoms with Gasteiger partial charge in [0.15, 0.2) is 0 Å². The lowest BCUT2D eigenvalue weighted by Crippen LogP contribution is -2.52. The summed E-state index contributed by atoms with van der Waals surface area (Å²) < 4.78 is 21.6. The summed E-state index contributed by atoms with van der Waals surface area (Å²) in [5.74, 6) is -4.52. The van der Waals surface area contributed by atoms with Crippen molar-refractivity contribution in [1.29, 1.82) is 0 Å². The molecule has 0 heterocycles. The summed E-state index contributed by atoms with van der Waals surface area (Å²) in [6.07, 6.45) is 17.8. The van der Waals surface area contributed by atoms with Gasteiger partial charge >= 0.3 is 11.9 Å². The molecule has 0 aromatic heterocycles. The molecule has 25 heteroatoms. The second-order valence-electron chi connectivity index (χ2n) is 17.0. The first-order valence-corrected chi connectivity index (χ1v) is 28.9. The first-order valence-electron chi connectivity index (χ1n) is 25.0. The lowest BCUT2D eigenvalue weighted by molar-refractivity contribution is -0.143. The van der Waals surface area contributed by atoms with Crippen LogP contribution in [0.5, 0.6) is 0 Å². The fourth-order valence-electron chi connectivity index (χ4n) is 7.20. The van der Waals surface area contributed by atoms with Crippen molar-refractivity contribution in [2.75, 3.05) is 122 Å². The van der Waals surface area contributed by atoms with Crippen LogP contribution in [0.15, 0.2) is 0 Å². The topological polar surface area (TPSA) is 306 Å². The monoisotopic (exact) mass is 1080 g/mol. The van der Waals surface area contributed by atoms with E-state index in [0.29, 0.717) is 17.5 Å². The van der Waals surface area contributed by atoms with E-state index in [0.717, 1.165) is 12.8 Å². The second kappa shape index (κ2) is 44.6. The molecule has 0 aromatic carbocycles. The predicted molar refractivity (Wildman–Crippen MR) is 278 cm³/mol. The summed E-state index contributed by atoms with van der Waals surface area (Å²) in [5.41, 5.74) is 0. The van der Waals surface area contributed by atoms with Crippen molar-refractivity contribution < 1.29 is 72.3 Å². The molecular weight excluding hydrogens is 999 g/mol. The number of carboxylic acid groups (broad SMARTS) is 2. The van der Waals surface area contributed by atoms with Gasteiger partial charge in [-0.2, -0.15) is 23.5 Å². The van der Waals surface area contributed by atoms with E-state index in [4.69, 9.17) is 18.9 Å². The summed E-state index contributed by atoms with van der Waals surface area (Å²) >= 11 is 4.41. The highest BCUT2D eigenvalue weighted by molar-refractivity contribution is 8.00. The maximum atomic E-state index is 13.6. The van der Waals surface area contributed by atoms with Crippen molar-refractivity contribution in [2.45, 2.75) is 120 Å². The lowest BCUT2D eigenvalue weighted by Gasteiger charge is -2.28. The van der Waals surface area contributed by atoms with E-state index in [-0.39, 0.29) is 121 Å². The number of hydrogen-bond donors (Lipinski definition) is 8. The first-order chi connectivity index (χ1) is 34.7. The van der Waals surface area contributed by atoms with Crippen LogP contribution in [0.25, 0.3) is 0 Å². The van der Waals surface area contributed by atoms with E-state index < -0.39 is 67.3 Å². The van der Waals surface area contributed by atoms with Gasteiger partial charge in [0.2, 0.25) is 41.4 Å². The zero-order valence-electron chi connectivity index (χ0n) is 42.4. The van der Waals surface area contributed by atoms with Crippen LogP contribution in [0, 0.1) is 0 Å². The minimum Gasteiger partial charge on any atom is -0.481 e. The summed E-state index contributed by atoms with van der Waals surface area (Å²) in [5, 5.41) is 35.1. The molecule has 8 N–H and O–H groups in total. The van der Waals surface area contributed by atoms with Gasteiger partial charge in [-0.15, -0.1) is 11.8 Å². The fourth-order valence-corrected chi connectivity index (χ4v) is 9.09. The Morgan fingerprint density at radius 3 is 1.39 bits per heavy atom. The van der Waals surface area contributed by atoms with Gasteiger partial charge in [-0.3, -0.25) is 38.4 Å². The Morgan fingerprint density at radius 2 is 0.917 bits per heavy atom. The number of ether oxygens (including phenoxy) is 4. The van der Waals surface area contributed by atoms with E-state index in [1.165, 1.54) is 92.6 Å². The van der Waals surface area contributed by atoms with Gasteiger partial charge in [-0.05, 0) is 38.2 Å². The number of carbonyl (C=O) groups is 9. The van der Waals surface area contributed by atoms with Crippen LogP contribution in [0.1, 0.15) is 103 Å². The van der Waals surface area contributed by atoms with Crippen LogP contribution in [-0.2, 0) is 62.1 Å². The van der Waals surface area contributed by atoms with Crippen molar-refractivity contribution in [1.82, 2.24) is 36.8 Å². The predicted octanol–water partition coefficient (Wildman–Crippen LogP) is 1.57. The Bertz CT molecular complexity index is 1550. The molecule has 414 valence electrons. The molecule has 1 aliphatic carbocycles. The summed E-state index contributed by atoms with van der Waals surface area (Å²) in [7, 11) is 0. The fraction of sp³-hybridized carbons (Fsp3) is 0.809. The van der Waals surface area contributed by atoms with Gasteiger partial charge in [0.05, 0.1) is 56.9 Å². The Balaban J connectivity index is 2.29. The van der Waals surface area contributed by atoms with Crippen molar-refractivity contribution in [3.8, 4) is 0 Å². The molecule has 0 radical (unpaired) electrons. The minimum absolute atomic E-state index is 0.0170. The minimum atomic E-state index is -1.33. The number of carbonyl (C=O) groups excluding carboxylic acids is 7. The summed E-state index contributed by atoms with van der Waals surface area (Å²) in [6, 6.07) is -2.55. The van der Waals surface area contributed by atoms with Crippen molar-refractivity contribution >= 4 is 88.6 Å². The largest absolute Gasteiger partial charge is 0.481 e. The van der Waals surface area contributed by atoms with Crippen molar-refractivity contribution in [2.24, 2.45) is 0 Å². The number of nitrogens with zero attached hydrogens (tertiary/aromatic N) is 1. The molecule has 1 rings (SSSR count). The second-order valence-corrected chi connectivity index (χ2v) is 20.0. The molecule has 0 saturated heterocycles. The molecule has 0 aromatic rings. The van der Waals surface area contributed by atoms with Gasteiger partial charge in [0.25, 0.3) is 0 Å². The number of rotatable bonds is 39. The average molecular weight is 1080 g/mol. The average Bonchev–Trinajstić information content (AvgIpc) is 3.36. The third kappa shape index (κ3) is 37.8. The third-order valence-corrected chi connectivity index (χ3v) is 13.4. The number of aliphatic carboxylic acids is 2. The van der Waals surface area contributed by atoms with Crippen LogP contribution in [-0.4, -0.2) is 208 Å². The molecule has 22 nitrogen and oxygen atoms in total. The smallest absolute Gasteiger partial charge is 0.326 e. The highest BCUT2D eigenvalue weighted by atomic mass is 32.2. The van der Waals surface area contributed by atoms with E-state index in [9.17, 15) is 53.4 Å². The SMILES string of the molecule is CSCC(=O)NCCN(CCNC(=O)CSC)C(=O)[C@@H](CCC(=O)O)NC(=O)COCCOCCNC(=O)CCC(NC(=O)COCCOCCNC(=O)CSC1CCCCCCCCCCCC1)C(=O)O. The standard InChI is InChI=1S/C47H83N7O15S3/c1-70-33-42(58)48-19-23-54(24-20-49-43(59)34-71-2)46(63)37(16-18-45(61)62)52-40(56)31-68-29-27-66-25-21-50-39(55)17-15-38(47(64)65)53-41(57)32-69-30-28-67-26-22-51-44(60)35-72-36-13-11-9-7-5-3-4-6-8-10-12-14-36/h36-38H,3-35H2,1-2H3,(H,48,58)(H,49,59)(H,50,55)(H,51,60)(H,52,56)(H,53,57)(H,61,62)(H,64,65)/t37-,38?/m1/s1. The number of amides is 7. The van der Waals surface area contributed by atoms with Crippen LogP contribution < -0.4 is 31.9 Å². The molecule has 0 bridgehead atoms. The van der Waals surface area contributed by atoms with Crippen LogP contribution in [0.2, 0.25) is 0 Å². The first kappa shape index (κ1) is 66.1. The van der Waals surface area contributed by atoms with E-state index in [1.54, 1.807) is 24.3 Å². The van der Waals surface area contributed by atoms with E-state index in [1.807, 2.05) is 0 Å². The van der Waals surface area contributed by atoms with E-state index in [2.05, 4.69) is 31.9 Å². The van der Waals surface area contributed by atoms with Gasteiger partial charge in [0, 0.05) is 57.4 Å². The molecule has 1 saturated carbocycles. The Hall–Kier alpha value is -3.88. The molecule has 7 amide bonds. The highest BCUT2D eigenvalue weighted by Crippen LogP contribution is 2.25. The lowest BCUT2D eigenvalue weighted by atomic mass is 10.1. The molecule has 0 aliphatic heterocycles. The third-order valence-electron chi connectivity index (χ3n) is 10.9. The Kier molecular flexibility index (Phi) is 41.0. The van der Waals surface area contributed by atoms with Crippen LogP contribution >= 0.6 is 35.3 Å². The van der Waals surface area contributed by atoms with Crippen molar-refractivity contribution in [3.05, 3.63) is 0 Å². The van der Waals surface area contributed by atoms with Crippen molar-refractivity contribution in [3.63, 3.8) is 0 Å². The van der Waals surface area contributed by atoms with Gasteiger partial charge in [0.1, 0.15) is 25.3 Å². The molecule has 1 fully saturated rings. The Morgan fingerprint density at radius 1 is 0.500 bits per heavy atom. The number of nitrogens with one attached hydrogen (secondary N) is 6. The quantitative estimate of drug-likeness (QED) is 0.0405. The zero-order valence-corrected chi connectivity index (χ0v) is 44.9. The number of carboxylic acids is 2. The molecule has 72 heavy (non-hydrogen) atoms. The van der Waals surface area contributed by atoms with Crippen LogP contribution in [0.3, 0.4) is 0 Å². The van der Waals surface area contributed by atoms with Crippen LogP contribution in [0.4, 0.5) is 0 Å². The van der Waals surface area contributed by atoms with Gasteiger partial charge in [-0.1, -0.05) is 64.2 Å². The molecular formula is C47H83N7O15S3. The zero-order chi connectivity index (χ0) is 53.0. The highest BCUT2D eigenvalue weighted by Gasteiger charge is 2.27. The molecule has 1 unspecified atom stereocenters. The number of hydrogen-bond acceptors (Lipinski definition) is 16. The maximum absolute atomic E-state index is 13.6. The summed E-state index contributed by atoms with van der Waals surface area (Å²) in [6.45, 7) is 0.419. The number of thioether (sulfide) groups is 3. The molecule has 2 atom stereocenters. The van der Waals surface area contributed by atoms with E-state index >= 15 is 0 Å². The normalized spacial score (nSPS) is 14.5. The maximum Gasteiger partial charge on any atom is 0.326 e. The Labute approximate surface area is 437 Å². The van der Waals surface area contributed by atoms with Gasteiger partial charge in [-0.25, -0.2) is 4.79 Å².